The number of hydrogen-bond donors (Lipinski definition) is 2. The van der Waals surface area contributed by atoms with Gasteiger partial charge in [0.2, 0.25) is 11.7 Å². The van der Waals surface area contributed by atoms with Crippen molar-refractivity contribution < 1.29 is 18.0 Å². The Morgan fingerprint density at radius 1 is 1.43 bits per heavy atom. The van der Waals surface area contributed by atoms with Crippen LogP contribution in [-0.4, -0.2) is 28.5 Å². The molecule has 0 radical (unpaired) electrons. The molecular formula is C12H16ClF3N4O. The monoisotopic (exact) mass is 324 g/mol. The summed E-state index contributed by atoms with van der Waals surface area (Å²) in [5.41, 5.74) is 0. The van der Waals surface area contributed by atoms with Crippen molar-refractivity contribution in [3.8, 4) is 0 Å². The fourth-order valence-corrected chi connectivity index (χ4v) is 1.57. The standard InChI is InChI=1S/C12H16ClF3N4O/c1-3-7(2)18-10(21)4-5-17-9-6-8(13)19-11(20-9)12(14,15)16/h6-7H,3-5H2,1-2H3,(H,18,21)(H,17,19,20). The molecular weight excluding hydrogens is 309 g/mol. The first-order chi connectivity index (χ1) is 9.72. The zero-order valence-corrected chi connectivity index (χ0v) is 12.3. The molecule has 1 atom stereocenters. The predicted molar refractivity (Wildman–Crippen MR) is 73.0 cm³/mol. The number of nitrogens with one attached hydrogen (secondary N) is 2. The molecule has 0 saturated carbocycles. The first-order valence-corrected chi connectivity index (χ1v) is 6.75. The van der Waals surface area contributed by atoms with Gasteiger partial charge in [-0.1, -0.05) is 18.5 Å². The number of nitrogens with zero attached hydrogens (tertiary/aromatic N) is 2. The van der Waals surface area contributed by atoms with Gasteiger partial charge in [0.15, 0.2) is 0 Å². The third kappa shape index (κ3) is 6.16. The molecule has 1 heterocycles. The van der Waals surface area contributed by atoms with Crippen molar-refractivity contribution in [2.24, 2.45) is 0 Å². The first-order valence-electron chi connectivity index (χ1n) is 6.37. The molecule has 1 aromatic rings. The molecule has 0 fully saturated rings. The van der Waals surface area contributed by atoms with E-state index in [4.69, 9.17) is 11.6 Å². The molecule has 1 rings (SSSR count). The van der Waals surface area contributed by atoms with Crippen LogP contribution in [-0.2, 0) is 11.0 Å². The number of carbonyl (C=O) groups excluding carboxylic acids is 1. The molecule has 0 saturated heterocycles. The Morgan fingerprint density at radius 3 is 2.67 bits per heavy atom. The number of aromatic nitrogens is 2. The van der Waals surface area contributed by atoms with Gasteiger partial charge in [0, 0.05) is 25.1 Å². The highest BCUT2D eigenvalue weighted by Gasteiger charge is 2.35. The van der Waals surface area contributed by atoms with Crippen LogP contribution in [0.1, 0.15) is 32.5 Å². The van der Waals surface area contributed by atoms with Crippen molar-refractivity contribution in [3.63, 3.8) is 0 Å². The number of rotatable bonds is 6. The molecule has 0 aliphatic carbocycles. The first kappa shape index (κ1) is 17.5. The van der Waals surface area contributed by atoms with E-state index >= 15 is 0 Å². The number of carbonyl (C=O) groups is 1. The smallest absolute Gasteiger partial charge is 0.369 e. The lowest BCUT2D eigenvalue weighted by Crippen LogP contribution is -2.33. The molecule has 0 aliphatic heterocycles. The molecule has 1 amide bonds. The van der Waals surface area contributed by atoms with Gasteiger partial charge in [-0.2, -0.15) is 13.2 Å². The summed E-state index contributed by atoms with van der Waals surface area (Å²) in [6.45, 7) is 3.95. The number of alkyl halides is 3. The van der Waals surface area contributed by atoms with Crippen LogP contribution in [0.3, 0.4) is 0 Å². The zero-order valence-electron chi connectivity index (χ0n) is 11.6. The van der Waals surface area contributed by atoms with E-state index in [1.807, 2.05) is 13.8 Å². The topological polar surface area (TPSA) is 66.9 Å². The van der Waals surface area contributed by atoms with Crippen LogP contribution in [0.15, 0.2) is 6.07 Å². The van der Waals surface area contributed by atoms with Gasteiger partial charge in [0.25, 0.3) is 0 Å². The molecule has 5 nitrogen and oxygen atoms in total. The van der Waals surface area contributed by atoms with E-state index in [1.54, 1.807) is 0 Å². The van der Waals surface area contributed by atoms with Crippen LogP contribution in [0.2, 0.25) is 5.15 Å². The third-order valence-electron chi connectivity index (χ3n) is 2.63. The van der Waals surface area contributed by atoms with Gasteiger partial charge in [-0.25, -0.2) is 9.97 Å². The van der Waals surface area contributed by atoms with Gasteiger partial charge in [-0.15, -0.1) is 0 Å². The minimum Gasteiger partial charge on any atom is -0.369 e. The minimum atomic E-state index is -4.67. The minimum absolute atomic E-state index is 0.0582. The Hall–Kier alpha value is -1.57. The van der Waals surface area contributed by atoms with Crippen molar-refractivity contribution in [1.29, 1.82) is 0 Å². The van der Waals surface area contributed by atoms with Crippen molar-refractivity contribution in [1.82, 2.24) is 15.3 Å². The Bertz CT molecular complexity index is 496. The summed E-state index contributed by atoms with van der Waals surface area (Å²) in [7, 11) is 0. The Balaban J connectivity index is 2.56. The number of halogens is 4. The fourth-order valence-electron chi connectivity index (χ4n) is 1.39. The lowest BCUT2D eigenvalue weighted by molar-refractivity contribution is -0.144. The van der Waals surface area contributed by atoms with Crippen LogP contribution >= 0.6 is 11.6 Å². The summed E-state index contributed by atoms with van der Waals surface area (Å²) in [4.78, 5) is 17.9. The second-order valence-electron chi connectivity index (χ2n) is 4.45. The molecule has 9 heteroatoms. The molecule has 21 heavy (non-hydrogen) atoms. The van der Waals surface area contributed by atoms with Crippen LogP contribution in [0.25, 0.3) is 0 Å². The van der Waals surface area contributed by atoms with Crippen LogP contribution in [0, 0.1) is 0 Å². The van der Waals surface area contributed by atoms with Gasteiger partial charge in [0.1, 0.15) is 11.0 Å². The maximum absolute atomic E-state index is 12.5. The van der Waals surface area contributed by atoms with E-state index in [9.17, 15) is 18.0 Å². The third-order valence-corrected chi connectivity index (χ3v) is 2.82. The van der Waals surface area contributed by atoms with Crippen molar-refractivity contribution >= 4 is 23.3 Å². The molecule has 2 N–H and O–H groups in total. The van der Waals surface area contributed by atoms with E-state index in [0.717, 1.165) is 6.42 Å². The van der Waals surface area contributed by atoms with Gasteiger partial charge < -0.3 is 10.6 Å². The summed E-state index contributed by atoms with van der Waals surface area (Å²) in [6, 6.07) is 1.23. The highest BCUT2D eigenvalue weighted by Crippen LogP contribution is 2.28. The summed E-state index contributed by atoms with van der Waals surface area (Å²) in [5.74, 6) is -1.58. The molecule has 118 valence electrons. The van der Waals surface area contributed by atoms with Crippen molar-refractivity contribution in [3.05, 3.63) is 17.0 Å². The quantitative estimate of drug-likeness (QED) is 0.790. The number of hydrogen-bond acceptors (Lipinski definition) is 4. The Labute approximate surface area is 125 Å². The van der Waals surface area contributed by atoms with Crippen molar-refractivity contribution in [2.45, 2.75) is 38.9 Å². The Kier molecular flexibility index (Phi) is 6.19. The van der Waals surface area contributed by atoms with Crippen LogP contribution in [0.5, 0.6) is 0 Å². The van der Waals surface area contributed by atoms with Gasteiger partial charge in [0.05, 0.1) is 0 Å². The van der Waals surface area contributed by atoms with Gasteiger partial charge in [-0.3, -0.25) is 4.79 Å². The largest absolute Gasteiger partial charge is 0.451 e. The van der Waals surface area contributed by atoms with E-state index in [-0.39, 0.29) is 35.9 Å². The average Bonchev–Trinajstić information content (AvgIpc) is 2.36. The van der Waals surface area contributed by atoms with Crippen molar-refractivity contribution in [2.75, 3.05) is 11.9 Å². The Morgan fingerprint density at radius 2 is 2.10 bits per heavy atom. The SMILES string of the molecule is CCC(C)NC(=O)CCNc1cc(Cl)nc(C(F)(F)F)n1. The molecule has 0 aromatic carbocycles. The second kappa shape index (κ2) is 7.44. The zero-order chi connectivity index (χ0) is 16.0. The summed E-state index contributed by atoms with van der Waals surface area (Å²) in [6.07, 6.45) is -3.75. The normalized spacial score (nSPS) is 12.9. The van der Waals surface area contributed by atoms with E-state index in [1.165, 1.54) is 6.07 Å². The highest BCUT2D eigenvalue weighted by molar-refractivity contribution is 6.29. The van der Waals surface area contributed by atoms with E-state index in [0.29, 0.717) is 0 Å². The molecule has 0 bridgehead atoms. The lowest BCUT2D eigenvalue weighted by atomic mass is 10.2. The van der Waals surface area contributed by atoms with Crippen LogP contribution < -0.4 is 10.6 Å². The lowest BCUT2D eigenvalue weighted by Gasteiger charge is -2.12. The summed E-state index contributed by atoms with van der Waals surface area (Å²) >= 11 is 5.51. The maximum atomic E-state index is 12.5. The number of anilines is 1. The van der Waals surface area contributed by atoms with E-state index < -0.39 is 12.0 Å². The molecule has 1 unspecified atom stereocenters. The van der Waals surface area contributed by atoms with E-state index in [2.05, 4.69) is 20.6 Å². The van der Waals surface area contributed by atoms with Gasteiger partial charge in [-0.05, 0) is 13.3 Å². The summed E-state index contributed by atoms with van der Waals surface area (Å²) < 4.78 is 37.5. The van der Waals surface area contributed by atoms with Crippen LogP contribution in [0.4, 0.5) is 19.0 Å². The average molecular weight is 325 g/mol. The molecule has 0 aliphatic rings. The molecule has 0 spiro atoms. The highest BCUT2D eigenvalue weighted by atomic mass is 35.5. The number of amides is 1. The molecule has 1 aromatic heterocycles. The predicted octanol–water partition coefficient (Wildman–Crippen LogP) is 2.87. The summed E-state index contributed by atoms with van der Waals surface area (Å²) in [5, 5.41) is 5.05. The fraction of sp³-hybridized carbons (Fsp3) is 0.583. The van der Waals surface area contributed by atoms with Gasteiger partial charge >= 0.3 is 6.18 Å². The maximum Gasteiger partial charge on any atom is 0.451 e. The second-order valence-corrected chi connectivity index (χ2v) is 4.84.